The van der Waals surface area contributed by atoms with E-state index in [-0.39, 0.29) is 0 Å². The van der Waals surface area contributed by atoms with Crippen molar-refractivity contribution in [2.75, 3.05) is 0 Å². The van der Waals surface area contributed by atoms with Crippen LogP contribution in [-0.4, -0.2) is 0 Å². The van der Waals surface area contributed by atoms with Gasteiger partial charge < -0.3 is 5.73 Å². The number of rotatable bonds is 2. The van der Waals surface area contributed by atoms with Gasteiger partial charge in [-0.2, -0.15) is 0 Å². The van der Waals surface area contributed by atoms with Crippen molar-refractivity contribution in [3.63, 3.8) is 0 Å². The van der Waals surface area contributed by atoms with Gasteiger partial charge >= 0.3 is 0 Å². The van der Waals surface area contributed by atoms with E-state index in [1.165, 1.54) is 24.3 Å². The molecule has 94 valence electrons. The van der Waals surface area contributed by atoms with Gasteiger partial charge in [0, 0.05) is 10.6 Å². The van der Waals surface area contributed by atoms with Crippen molar-refractivity contribution < 1.29 is 8.78 Å². The van der Waals surface area contributed by atoms with E-state index in [1.54, 1.807) is 19.1 Å². The third-order valence-corrected chi connectivity index (χ3v) is 3.13. The summed E-state index contributed by atoms with van der Waals surface area (Å²) in [5.74, 6) is -0.861. The van der Waals surface area contributed by atoms with Gasteiger partial charge in [0.1, 0.15) is 11.6 Å². The number of nitrogens with two attached hydrogens (primary N) is 1. The van der Waals surface area contributed by atoms with E-state index in [9.17, 15) is 8.78 Å². The van der Waals surface area contributed by atoms with Gasteiger partial charge in [-0.1, -0.05) is 23.7 Å². The summed E-state index contributed by atoms with van der Waals surface area (Å²) in [6, 6.07) is 7.84. The quantitative estimate of drug-likeness (QED) is 0.875. The molecule has 18 heavy (non-hydrogen) atoms. The van der Waals surface area contributed by atoms with E-state index in [1.807, 2.05) is 0 Å². The highest BCUT2D eigenvalue weighted by atomic mass is 35.5. The van der Waals surface area contributed by atoms with Crippen LogP contribution < -0.4 is 5.73 Å². The van der Waals surface area contributed by atoms with E-state index >= 15 is 0 Å². The summed E-state index contributed by atoms with van der Waals surface area (Å²) in [6.45, 7) is 1.79. The SMILES string of the molecule is Cc1ccc(C(N)c2cc(F)ccc2Cl)c(F)c1. The van der Waals surface area contributed by atoms with Gasteiger partial charge in [0.25, 0.3) is 0 Å². The lowest BCUT2D eigenvalue weighted by atomic mass is 9.98. The van der Waals surface area contributed by atoms with Crippen molar-refractivity contribution in [1.29, 1.82) is 0 Å². The molecule has 1 atom stereocenters. The van der Waals surface area contributed by atoms with E-state index < -0.39 is 17.7 Å². The van der Waals surface area contributed by atoms with E-state index in [0.717, 1.165) is 5.56 Å². The Balaban J connectivity index is 2.47. The fourth-order valence-electron chi connectivity index (χ4n) is 1.80. The minimum Gasteiger partial charge on any atom is -0.320 e. The first-order valence-corrected chi connectivity index (χ1v) is 5.83. The fourth-order valence-corrected chi connectivity index (χ4v) is 2.04. The molecular weight excluding hydrogens is 256 g/mol. The van der Waals surface area contributed by atoms with Crippen molar-refractivity contribution in [3.05, 3.63) is 69.7 Å². The standard InChI is InChI=1S/C14H12ClF2N/c1-8-2-4-10(13(17)6-8)14(18)11-7-9(16)3-5-12(11)15/h2-7,14H,18H2,1H3. The summed E-state index contributed by atoms with van der Waals surface area (Å²) in [4.78, 5) is 0. The molecule has 1 nitrogen and oxygen atoms in total. The maximum absolute atomic E-state index is 13.8. The molecule has 0 heterocycles. The number of halogens is 3. The van der Waals surface area contributed by atoms with Gasteiger partial charge in [-0.3, -0.25) is 0 Å². The molecule has 0 fully saturated rings. The largest absolute Gasteiger partial charge is 0.320 e. The molecule has 0 aliphatic heterocycles. The van der Waals surface area contributed by atoms with Gasteiger partial charge in [-0.25, -0.2) is 8.78 Å². The molecule has 0 saturated carbocycles. The van der Waals surface area contributed by atoms with Crippen molar-refractivity contribution in [2.45, 2.75) is 13.0 Å². The van der Waals surface area contributed by atoms with Crippen molar-refractivity contribution in [1.82, 2.24) is 0 Å². The van der Waals surface area contributed by atoms with Gasteiger partial charge in [0.15, 0.2) is 0 Å². The molecular formula is C14H12ClF2N. The number of hydrogen-bond donors (Lipinski definition) is 1. The van der Waals surface area contributed by atoms with Crippen molar-refractivity contribution in [2.24, 2.45) is 5.73 Å². The van der Waals surface area contributed by atoms with Gasteiger partial charge in [-0.05, 0) is 42.3 Å². The Morgan fingerprint density at radius 3 is 2.44 bits per heavy atom. The second-order valence-electron chi connectivity index (χ2n) is 4.17. The Morgan fingerprint density at radius 1 is 1.06 bits per heavy atom. The van der Waals surface area contributed by atoms with Gasteiger partial charge in [0.2, 0.25) is 0 Å². The zero-order chi connectivity index (χ0) is 13.3. The molecule has 0 aliphatic rings. The topological polar surface area (TPSA) is 26.0 Å². The minimum absolute atomic E-state index is 0.299. The number of aryl methyl sites for hydroxylation is 1. The second kappa shape index (κ2) is 5.04. The monoisotopic (exact) mass is 267 g/mol. The zero-order valence-corrected chi connectivity index (χ0v) is 10.5. The highest BCUT2D eigenvalue weighted by molar-refractivity contribution is 6.31. The summed E-state index contributed by atoms with van der Waals surface area (Å²) in [5.41, 5.74) is 7.42. The Bertz CT molecular complexity index is 584. The summed E-state index contributed by atoms with van der Waals surface area (Å²) in [5, 5.41) is 0.323. The molecule has 2 N–H and O–H groups in total. The smallest absolute Gasteiger partial charge is 0.128 e. The van der Waals surface area contributed by atoms with Crippen LogP contribution in [0.2, 0.25) is 5.02 Å². The Labute approximate surface area is 109 Å². The molecule has 4 heteroatoms. The van der Waals surface area contributed by atoms with Crippen LogP contribution >= 0.6 is 11.6 Å². The summed E-state index contributed by atoms with van der Waals surface area (Å²) in [6.07, 6.45) is 0. The molecule has 0 saturated heterocycles. The second-order valence-corrected chi connectivity index (χ2v) is 4.58. The Morgan fingerprint density at radius 2 is 1.78 bits per heavy atom. The summed E-state index contributed by atoms with van der Waals surface area (Å²) >= 11 is 5.96. The molecule has 0 aromatic heterocycles. The molecule has 1 unspecified atom stereocenters. The van der Waals surface area contributed by atoms with E-state index in [2.05, 4.69) is 0 Å². The fraction of sp³-hybridized carbons (Fsp3) is 0.143. The zero-order valence-electron chi connectivity index (χ0n) is 9.75. The average molecular weight is 268 g/mol. The predicted molar refractivity (Wildman–Crippen MR) is 68.6 cm³/mol. The normalized spacial score (nSPS) is 12.5. The van der Waals surface area contributed by atoms with Crippen LogP contribution in [0, 0.1) is 18.6 Å². The number of hydrogen-bond acceptors (Lipinski definition) is 1. The van der Waals surface area contributed by atoms with Crippen molar-refractivity contribution >= 4 is 11.6 Å². The van der Waals surface area contributed by atoms with Gasteiger partial charge in [-0.15, -0.1) is 0 Å². The molecule has 0 spiro atoms. The van der Waals surface area contributed by atoms with E-state index in [4.69, 9.17) is 17.3 Å². The van der Waals surface area contributed by atoms with Gasteiger partial charge in [0.05, 0.1) is 6.04 Å². The highest BCUT2D eigenvalue weighted by Crippen LogP contribution is 2.28. The summed E-state index contributed by atoms with van der Waals surface area (Å²) in [7, 11) is 0. The molecule has 0 bridgehead atoms. The minimum atomic E-state index is -0.784. The first-order valence-electron chi connectivity index (χ1n) is 5.45. The van der Waals surface area contributed by atoms with Crippen LogP contribution in [-0.2, 0) is 0 Å². The molecule has 0 amide bonds. The number of benzene rings is 2. The molecule has 2 aromatic carbocycles. The van der Waals surface area contributed by atoms with Crippen LogP contribution in [0.3, 0.4) is 0 Å². The molecule has 2 aromatic rings. The Hall–Kier alpha value is -1.45. The maximum Gasteiger partial charge on any atom is 0.128 e. The van der Waals surface area contributed by atoms with Crippen molar-refractivity contribution in [3.8, 4) is 0 Å². The molecule has 0 radical (unpaired) electrons. The van der Waals surface area contributed by atoms with Crippen LogP contribution in [0.4, 0.5) is 8.78 Å². The third-order valence-electron chi connectivity index (χ3n) is 2.78. The molecule has 2 rings (SSSR count). The van der Waals surface area contributed by atoms with Crippen LogP contribution in [0.1, 0.15) is 22.7 Å². The van der Waals surface area contributed by atoms with Crippen LogP contribution in [0.5, 0.6) is 0 Å². The lowest BCUT2D eigenvalue weighted by Crippen LogP contribution is -2.14. The maximum atomic E-state index is 13.8. The third kappa shape index (κ3) is 2.52. The first kappa shape index (κ1) is 13.0. The van der Waals surface area contributed by atoms with E-state index in [0.29, 0.717) is 16.1 Å². The van der Waals surface area contributed by atoms with Crippen LogP contribution in [0.25, 0.3) is 0 Å². The molecule has 0 aliphatic carbocycles. The Kier molecular flexibility index (Phi) is 3.64. The average Bonchev–Trinajstić information content (AvgIpc) is 2.31. The first-order chi connectivity index (χ1) is 8.49. The lowest BCUT2D eigenvalue weighted by molar-refractivity contribution is 0.595. The predicted octanol–water partition coefficient (Wildman–Crippen LogP) is 3.97. The highest BCUT2D eigenvalue weighted by Gasteiger charge is 2.17. The van der Waals surface area contributed by atoms with Crippen LogP contribution in [0.15, 0.2) is 36.4 Å². The summed E-state index contributed by atoms with van der Waals surface area (Å²) < 4.78 is 27.0. The lowest BCUT2D eigenvalue weighted by Gasteiger charge is -2.15.